The minimum Gasteiger partial charge on any atom is -0.463 e. The van der Waals surface area contributed by atoms with Crippen LogP contribution < -0.4 is 14.9 Å². The summed E-state index contributed by atoms with van der Waals surface area (Å²) in [5, 5.41) is 0.688. The fourth-order valence-electron chi connectivity index (χ4n) is 4.78. The number of ether oxygens (including phenoxy) is 1. The SMILES string of the molecule is CCOC(=O)C1=C(c2ccccc2)N=c2s/c(=C/c3cc(Br)c(Sc4ccccc4)o3)c(=O)n2[C@H]1c1ccc(SC)cc1. The van der Waals surface area contributed by atoms with Gasteiger partial charge in [-0.1, -0.05) is 83.8 Å². The van der Waals surface area contributed by atoms with Crippen molar-refractivity contribution in [3.05, 3.63) is 138 Å². The van der Waals surface area contributed by atoms with Gasteiger partial charge in [0.05, 0.1) is 32.9 Å². The first-order valence-electron chi connectivity index (χ1n) is 13.4. The van der Waals surface area contributed by atoms with Gasteiger partial charge in [-0.25, -0.2) is 9.79 Å². The number of nitrogens with zero attached hydrogens (tertiary/aromatic N) is 2. The Labute approximate surface area is 269 Å². The molecule has 3 aromatic carbocycles. The molecule has 2 aromatic heterocycles. The van der Waals surface area contributed by atoms with Crippen molar-refractivity contribution < 1.29 is 13.9 Å². The summed E-state index contributed by atoms with van der Waals surface area (Å²) in [4.78, 5) is 35.2. The zero-order valence-corrected chi connectivity index (χ0v) is 27.2. The van der Waals surface area contributed by atoms with Crippen molar-refractivity contribution in [2.24, 2.45) is 4.99 Å². The van der Waals surface area contributed by atoms with Crippen molar-refractivity contribution in [3.8, 4) is 0 Å². The highest BCUT2D eigenvalue weighted by Gasteiger charge is 2.35. The highest BCUT2D eigenvalue weighted by Crippen LogP contribution is 2.37. The van der Waals surface area contributed by atoms with Crippen LogP contribution in [0.4, 0.5) is 0 Å². The molecule has 1 aliphatic rings. The molecule has 0 fully saturated rings. The van der Waals surface area contributed by atoms with E-state index in [1.165, 1.54) is 23.1 Å². The van der Waals surface area contributed by atoms with Crippen LogP contribution in [0.25, 0.3) is 11.8 Å². The van der Waals surface area contributed by atoms with E-state index in [1.54, 1.807) is 29.3 Å². The number of thioether (sulfide) groups is 1. The predicted molar refractivity (Wildman–Crippen MR) is 176 cm³/mol. The number of carbonyl (C=O) groups is 1. The molecule has 43 heavy (non-hydrogen) atoms. The van der Waals surface area contributed by atoms with E-state index >= 15 is 0 Å². The first kappa shape index (κ1) is 29.5. The van der Waals surface area contributed by atoms with Crippen LogP contribution in [-0.4, -0.2) is 23.4 Å². The predicted octanol–water partition coefficient (Wildman–Crippen LogP) is 7.16. The zero-order valence-electron chi connectivity index (χ0n) is 23.2. The number of hydrogen-bond donors (Lipinski definition) is 0. The molecule has 0 unspecified atom stereocenters. The topological polar surface area (TPSA) is 73.8 Å². The zero-order chi connectivity index (χ0) is 29.9. The summed E-state index contributed by atoms with van der Waals surface area (Å²) in [5.41, 5.74) is 2.12. The highest BCUT2D eigenvalue weighted by atomic mass is 79.9. The maximum Gasteiger partial charge on any atom is 0.338 e. The molecule has 0 saturated heterocycles. The Morgan fingerprint density at radius 2 is 1.74 bits per heavy atom. The largest absolute Gasteiger partial charge is 0.463 e. The van der Waals surface area contributed by atoms with Crippen molar-refractivity contribution in [1.82, 2.24) is 4.57 Å². The molecular formula is C33H25BrN2O4S3. The fraction of sp³-hybridized carbons (Fsp3) is 0.121. The number of rotatable bonds is 8. The number of hydrogen-bond acceptors (Lipinski definition) is 8. The normalized spacial score (nSPS) is 14.9. The third-order valence-corrected chi connectivity index (χ3v) is 10.3. The second-order valence-electron chi connectivity index (χ2n) is 9.40. The van der Waals surface area contributed by atoms with E-state index < -0.39 is 12.0 Å². The van der Waals surface area contributed by atoms with Crippen LogP contribution in [0.2, 0.25) is 0 Å². The molecule has 0 aliphatic carbocycles. The molecule has 0 saturated carbocycles. The van der Waals surface area contributed by atoms with Gasteiger partial charge in [0, 0.05) is 21.4 Å². The first-order valence-corrected chi connectivity index (χ1v) is 17.1. The Hall–Kier alpha value is -3.57. The Kier molecular flexibility index (Phi) is 8.90. The van der Waals surface area contributed by atoms with Crippen LogP contribution >= 0.6 is 50.8 Å². The van der Waals surface area contributed by atoms with Crippen LogP contribution in [0, 0.1) is 0 Å². The van der Waals surface area contributed by atoms with Gasteiger partial charge in [-0.2, -0.15) is 0 Å². The van der Waals surface area contributed by atoms with Gasteiger partial charge in [-0.15, -0.1) is 11.8 Å². The number of thiazole rings is 1. The molecule has 6 rings (SSSR count). The Balaban J connectivity index is 1.53. The molecule has 216 valence electrons. The molecule has 3 heterocycles. The number of carbonyl (C=O) groups excluding carboxylic acids is 1. The van der Waals surface area contributed by atoms with Gasteiger partial charge >= 0.3 is 5.97 Å². The van der Waals surface area contributed by atoms with Crippen molar-refractivity contribution in [1.29, 1.82) is 0 Å². The van der Waals surface area contributed by atoms with E-state index in [2.05, 4.69) is 15.9 Å². The van der Waals surface area contributed by atoms with E-state index in [0.717, 1.165) is 25.4 Å². The molecule has 6 nitrogen and oxygen atoms in total. The Bertz CT molecular complexity index is 2000. The van der Waals surface area contributed by atoms with Gasteiger partial charge in [0.15, 0.2) is 9.89 Å². The lowest BCUT2D eigenvalue weighted by molar-refractivity contribution is -0.138. The molecule has 0 N–H and O–H groups in total. The van der Waals surface area contributed by atoms with E-state index in [1.807, 2.05) is 97.3 Å². The summed E-state index contributed by atoms with van der Waals surface area (Å²) in [6.45, 7) is 1.97. The van der Waals surface area contributed by atoms with E-state index in [4.69, 9.17) is 14.1 Å². The van der Waals surface area contributed by atoms with Crippen LogP contribution in [-0.2, 0) is 9.53 Å². The number of benzene rings is 3. The second-order valence-corrected chi connectivity index (χ2v) is 13.2. The third-order valence-electron chi connectivity index (χ3n) is 6.71. The smallest absolute Gasteiger partial charge is 0.338 e. The standard InChI is InChI=1S/C33H25BrN2O4S3/c1-3-39-31(38)27-28(20-10-6-4-7-11-20)35-33-36(29(27)21-14-16-23(41-2)17-15-21)30(37)26(43-33)19-22-18-25(34)32(40-22)42-24-12-8-5-9-13-24/h4-19,29H,3H2,1-2H3/b26-19+/t29-/m0/s1. The quantitative estimate of drug-likeness (QED) is 0.127. The molecule has 0 amide bonds. The summed E-state index contributed by atoms with van der Waals surface area (Å²) in [7, 11) is 0. The molecule has 0 bridgehead atoms. The molecule has 1 atom stereocenters. The van der Waals surface area contributed by atoms with Gasteiger partial charge in [0.1, 0.15) is 5.76 Å². The summed E-state index contributed by atoms with van der Waals surface area (Å²) in [6.07, 6.45) is 3.74. The molecule has 0 radical (unpaired) electrons. The third kappa shape index (κ3) is 6.10. The summed E-state index contributed by atoms with van der Waals surface area (Å²) < 4.78 is 14.5. The summed E-state index contributed by atoms with van der Waals surface area (Å²) in [5.74, 6) is 0.0280. The average molecular weight is 690 g/mol. The van der Waals surface area contributed by atoms with Crippen LogP contribution in [0.15, 0.2) is 130 Å². The highest BCUT2D eigenvalue weighted by molar-refractivity contribution is 9.10. The number of fused-ring (bicyclic) bond motifs is 1. The number of esters is 1. The maximum atomic E-state index is 14.1. The number of furan rings is 1. The van der Waals surface area contributed by atoms with Crippen LogP contribution in [0.1, 0.15) is 29.9 Å². The van der Waals surface area contributed by atoms with E-state index in [0.29, 0.717) is 31.5 Å². The van der Waals surface area contributed by atoms with Gasteiger partial charge < -0.3 is 9.15 Å². The average Bonchev–Trinajstić information content (AvgIpc) is 3.54. The molecule has 5 aromatic rings. The molecule has 0 spiro atoms. The molecular weight excluding hydrogens is 664 g/mol. The number of halogens is 1. The van der Waals surface area contributed by atoms with Gasteiger partial charge in [0.2, 0.25) is 0 Å². The summed E-state index contributed by atoms with van der Waals surface area (Å²) >= 11 is 7.97. The van der Waals surface area contributed by atoms with Gasteiger partial charge in [0.25, 0.3) is 5.56 Å². The van der Waals surface area contributed by atoms with Crippen molar-refractivity contribution >= 4 is 68.5 Å². The van der Waals surface area contributed by atoms with Gasteiger partial charge in [-0.05, 0) is 65.0 Å². The van der Waals surface area contributed by atoms with Crippen LogP contribution in [0.3, 0.4) is 0 Å². The first-order chi connectivity index (χ1) is 21.0. The Morgan fingerprint density at radius 1 is 1.05 bits per heavy atom. The second kappa shape index (κ2) is 13.0. The fourth-order valence-corrected chi connectivity index (χ4v) is 7.52. The molecule has 10 heteroatoms. The summed E-state index contributed by atoms with van der Waals surface area (Å²) in [6, 6.07) is 28.5. The lowest BCUT2D eigenvalue weighted by Crippen LogP contribution is -2.40. The lowest BCUT2D eigenvalue weighted by atomic mass is 9.93. The van der Waals surface area contributed by atoms with Crippen LogP contribution in [0.5, 0.6) is 0 Å². The lowest BCUT2D eigenvalue weighted by Gasteiger charge is -2.26. The van der Waals surface area contributed by atoms with E-state index in [9.17, 15) is 9.59 Å². The van der Waals surface area contributed by atoms with E-state index in [-0.39, 0.29) is 12.2 Å². The van der Waals surface area contributed by atoms with Crippen molar-refractivity contribution in [3.63, 3.8) is 0 Å². The minimum atomic E-state index is -0.726. The monoisotopic (exact) mass is 688 g/mol. The maximum absolute atomic E-state index is 14.1. The van der Waals surface area contributed by atoms with Crippen molar-refractivity contribution in [2.45, 2.75) is 27.8 Å². The van der Waals surface area contributed by atoms with Crippen molar-refractivity contribution in [2.75, 3.05) is 12.9 Å². The Morgan fingerprint density at radius 3 is 2.42 bits per heavy atom. The molecule has 1 aliphatic heterocycles. The minimum absolute atomic E-state index is 0.198. The van der Waals surface area contributed by atoms with Gasteiger partial charge in [-0.3, -0.25) is 9.36 Å². The number of aromatic nitrogens is 1.